The van der Waals surface area contributed by atoms with E-state index in [2.05, 4.69) is 28.2 Å². The molecule has 0 aliphatic rings. The van der Waals surface area contributed by atoms with E-state index in [1.807, 2.05) is 0 Å². The van der Waals surface area contributed by atoms with Crippen molar-refractivity contribution in [3.63, 3.8) is 0 Å². The van der Waals surface area contributed by atoms with Crippen LogP contribution in [0, 0.1) is 11.3 Å². The van der Waals surface area contributed by atoms with E-state index < -0.39 is 11.9 Å². The number of carbonyl (C=O) groups is 2. The van der Waals surface area contributed by atoms with Crippen LogP contribution in [0.3, 0.4) is 0 Å². The summed E-state index contributed by atoms with van der Waals surface area (Å²) in [7, 11) is 0. The number of esters is 1. The van der Waals surface area contributed by atoms with Crippen molar-refractivity contribution in [2.45, 2.75) is 6.92 Å². The van der Waals surface area contributed by atoms with Crippen LogP contribution in [-0.4, -0.2) is 18.5 Å². The Labute approximate surface area is 132 Å². The van der Waals surface area contributed by atoms with E-state index in [1.165, 1.54) is 12.1 Å². The monoisotopic (exact) mass is 325 g/mol. The minimum absolute atomic E-state index is 0.113. The van der Waals surface area contributed by atoms with Crippen molar-refractivity contribution in [2.75, 3.05) is 6.61 Å². The second-order valence-corrected chi connectivity index (χ2v) is 4.53. The highest BCUT2D eigenvalue weighted by Crippen LogP contribution is 2.10. The highest BCUT2D eigenvalue weighted by Gasteiger charge is 2.15. The molecular formula is C13H12ClN3O3S. The van der Waals surface area contributed by atoms with Crippen LogP contribution in [0.1, 0.15) is 17.3 Å². The van der Waals surface area contributed by atoms with Crippen molar-refractivity contribution in [1.29, 1.82) is 5.26 Å². The first-order valence-electron chi connectivity index (χ1n) is 5.82. The molecule has 0 unspecified atom stereocenters. The highest BCUT2D eigenvalue weighted by molar-refractivity contribution is 7.84. The van der Waals surface area contributed by atoms with Gasteiger partial charge in [0.1, 0.15) is 11.1 Å². The molecule has 8 heteroatoms. The van der Waals surface area contributed by atoms with Crippen molar-refractivity contribution in [3.8, 4) is 6.07 Å². The van der Waals surface area contributed by atoms with E-state index in [-0.39, 0.29) is 17.2 Å². The van der Waals surface area contributed by atoms with Crippen molar-refractivity contribution in [3.05, 3.63) is 45.5 Å². The summed E-state index contributed by atoms with van der Waals surface area (Å²) in [5.41, 5.74) is 4.69. The summed E-state index contributed by atoms with van der Waals surface area (Å²) in [6.07, 6.45) is 0. The summed E-state index contributed by atoms with van der Waals surface area (Å²) in [4.78, 5) is 23.2. The van der Waals surface area contributed by atoms with Gasteiger partial charge in [0.05, 0.1) is 6.61 Å². The van der Waals surface area contributed by atoms with Gasteiger partial charge in [-0.2, -0.15) is 5.26 Å². The first kappa shape index (κ1) is 16.9. The zero-order valence-corrected chi connectivity index (χ0v) is 12.7. The lowest BCUT2D eigenvalue weighted by Crippen LogP contribution is -2.36. The molecule has 2 N–H and O–H groups in total. The van der Waals surface area contributed by atoms with Crippen LogP contribution in [0.5, 0.6) is 0 Å². The third kappa shape index (κ3) is 5.02. The van der Waals surface area contributed by atoms with Crippen molar-refractivity contribution in [1.82, 2.24) is 10.9 Å². The fourth-order valence-corrected chi connectivity index (χ4v) is 1.57. The summed E-state index contributed by atoms with van der Waals surface area (Å²) in [6, 6.07) is 7.83. The number of hydrazine groups is 1. The Morgan fingerprint density at radius 2 is 1.95 bits per heavy atom. The zero-order valence-electron chi connectivity index (χ0n) is 11.0. The Balaban J connectivity index is 2.72. The number of benzene rings is 1. The number of amides is 1. The third-order valence-electron chi connectivity index (χ3n) is 2.23. The van der Waals surface area contributed by atoms with Gasteiger partial charge in [0, 0.05) is 10.6 Å². The fraction of sp³-hybridized carbons (Fsp3) is 0.154. The van der Waals surface area contributed by atoms with Crippen LogP contribution in [-0.2, 0) is 9.53 Å². The molecule has 0 aliphatic carbocycles. The average Bonchev–Trinajstić information content (AvgIpc) is 2.46. The number of thiol groups is 1. The Hall–Kier alpha value is -2.17. The fourth-order valence-electron chi connectivity index (χ4n) is 1.25. The van der Waals surface area contributed by atoms with E-state index in [0.717, 1.165) is 0 Å². The van der Waals surface area contributed by atoms with Crippen LogP contribution in [0.25, 0.3) is 0 Å². The third-order valence-corrected chi connectivity index (χ3v) is 2.82. The van der Waals surface area contributed by atoms with Crippen molar-refractivity contribution < 1.29 is 14.3 Å². The van der Waals surface area contributed by atoms with Crippen molar-refractivity contribution >= 4 is 36.1 Å². The van der Waals surface area contributed by atoms with Gasteiger partial charge in [-0.25, -0.2) is 4.79 Å². The highest BCUT2D eigenvalue weighted by atomic mass is 35.5. The number of nitrogens with one attached hydrogen (secondary N) is 2. The second-order valence-electron chi connectivity index (χ2n) is 3.64. The topological polar surface area (TPSA) is 91.2 Å². The Bertz CT molecular complexity index is 608. The van der Waals surface area contributed by atoms with Gasteiger partial charge in [-0.1, -0.05) is 11.6 Å². The molecule has 0 bridgehead atoms. The van der Waals surface area contributed by atoms with Crippen LogP contribution in [0.2, 0.25) is 5.02 Å². The lowest BCUT2D eigenvalue weighted by atomic mass is 10.2. The molecule has 0 heterocycles. The Morgan fingerprint density at radius 1 is 1.33 bits per heavy atom. The summed E-state index contributed by atoms with van der Waals surface area (Å²) in [6.45, 7) is 1.74. The summed E-state index contributed by atoms with van der Waals surface area (Å²) < 4.78 is 4.69. The van der Waals surface area contributed by atoms with E-state index >= 15 is 0 Å². The largest absolute Gasteiger partial charge is 0.462 e. The standard InChI is InChI=1S/C13H12ClN3O3S/c1-2-20-13(19)10(7-15)12(21)17-16-11(18)8-3-5-9(14)6-4-8/h3-6,17,21H,2H2,1H3,(H,16,18)/b12-10+. The first-order chi connectivity index (χ1) is 9.99. The van der Waals surface area contributed by atoms with Crippen molar-refractivity contribution in [2.24, 2.45) is 0 Å². The molecule has 0 aromatic heterocycles. The van der Waals surface area contributed by atoms with Crippen LogP contribution < -0.4 is 10.9 Å². The van der Waals surface area contributed by atoms with Crippen LogP contribution in [0.4, 0.5) is 0 Å². The number of nitrogens with zero attached hydrogens (tertiary/aromatic N) is 1. The number of rotatable bonds is 5. The molecule has 0 saturated heterocycles. The smallest absolute Gasteiger partial charge is 0.351 e. The molecule has 21 heavy (non-hydrogen) atoms. The van der Waals surface area contributed by atoms with E-state index in [0.29, 0.717) is 10.6 Å². The molecule has 0 atom stereocenters. The van der Waals surface area contributed by atoms with Crippen LogP contribution in [0.15, 0.2) is 34.9 Å². The van der Waals surface area contributed by atoms with Crippen LogP contribution >= 0.6 is 24.2 Å². The summed E-state index contributed by atoms with van der Waals surface area (Å²) in [5, 5.41) is 9.27. The Morgan fingerprint density at radius 3 is 2.48 bits per heavy atom. The van der Waals surface area contributed by atoms with Gasteiger partial charge < -0.3 is 4.74 Å². The molecule has 1 amide bonds. The zero-order chi connectivity index (χ0) is 15.8. The van der Waals surface area contributed by atoms with Gasteiger partial charge in [-0.15, -0.1) is 12.6 Å². The van der Waals surface area contributed by atoms with E-state index in [9.17, 15) is 9.59 Å². The lowest BCUT2D eigenvalue weighted by Gasteiger charge is -2.09. The summed E-state index contributed by atoms with van der Waals surface area (Å²) in [5.74, 6) is -1.29. The van der Waals surface area contributed by atoms with Gasteiger partial charge in [0.15, 0.2) is 5.57 Å². The van der Waals surface area contributed by atoms with Gasteiger partial charge >= 0.3 is 5.97 Å². The Kier molecular flexibility index (Phi) is 6.59. The lowest BCUT2D eigenvalue weighted by molar-refractivity contribution is -0.138. The number of halogens is 1. The normalized spacial score (nSPS) is 11.0. The van der Waals surface area contributed by atoms with Gasteiger partial charge in [0.25, 0.3) is 5.91 Å². The number of hydrogen-bond donors (Lipinski definition) is 3. The molecular weight excluding hydrogens is 314 g/mol. The molecule has 6 nitrogen and oxygen atoms in total. The quantitative estimate of drug-likeness (QED) is 0.252. The number of ether oxygens (including phenoxy) is 1. The summed E-state index contributed by atoms with van der Waals surface area (Å²) >= 11 is 9.66. The second kappa shape index (κ2) is 8.19. The molecule has 1 rings (SSSR count). The maximum Gasteiger partial charge on any atom is 0.351 e. The molecule has 110 valence electrons. The van der Waals surface area contributed by atoms with E-state index in [4.69, 9.17) is 16.9 Å². The SMILES string of the molecule is CCOC(=O)/C(C#N)=C(/S)NNC(=O)c1ccc(Cl)cc1. The molecule has 0 aliphatic heterocycles. The molecule has 0 saturated carbocycles. The maximum atomic E-state index is 11.8. The number of carbonyl (C=O) groups excluding carboxylic acids is 2. The first-order valence-corrected chi connectivity index (χ1v) is 6.64. The van der Waals surface area contributed by atoms with Gasteiger partial charge in [-0.05, 0) is 31.2 Å². The number of hydrogen-bond acceptors (Lipinski definition) is 6. The predicted octanol–water partition coefficient (Wildman–Crippen LogP) is 1.80. The van der Waals surface area contributed by atoms with Gasteiger partial charge in [0.2, 0.25) is 0 Å². The molecule has 1 aromatic carbocycles. The molecule has 0 spiro atoms. The maximum absolute atomic E-state index is 11.8. The molecule has 0 fully saturated rings. The predicted molar refractivity (Wildman–Crippen MR) is 80.3 cm³/mol. The minimum atomic E-state index is -0.821. The average molecular weight is 326 g/mol. The van der Waals surface area contributed by atoms with Gasteiger partial charge in [-0.3, -0.25) is 15.6 Å². The molecule has 1 aromatic rings. The minimum Gasteiger partial charge on any atom is -0.462 e. The number of nitriles is 1. The van der Waals surface area contributed by atoms with E-state index in [1.54, 1.807) is 25.1 Å². The molecule has 0 radical (unpaired) electrons.